The summed E-state index contributed by atoms with van der Waals surface area (Å²) >= 11 is 0. The molecule has 112 valence electrons. The van der Waals surface area contributed by atoms with Gasteiger partial charge in [-0.2, -0.15) is 0 Å². The fraction of sp³-hybridized carbons (Fsp3) is 0.667. The van der Waals surface area contributed by atoms with Gasteiger partial charge in [0.2, 0.25) is 0 Å². The molecule has 1 atom stereocenters. The number of benzene rings is 1. The van der Waals surface area contributed by atoms with Gasteiger partial charge >= 0.3 is 0 Å². The third-order valence-electron chi connectivity index (χ3n) is 4.48. The van der Waals surface area contributed by atoms with Crippen LogP contribution in [0.15, 0.2) is 24.3 Å². The molecule has 1 aliphatic rings. The Labute approximate surface area is 123 Å². The summed E-state index contributed by atoms with van der Waals surface area (Å²) in [6, 6.07) is 9.37. The van der Waals surface area contributed by atoms with Crippen molar-refractivity contribution in [2.45, 2.75) is 70.4 Å². The van der Waals surface area contributed by atoms with Gasteiger partial charge in [0, 0.05) is 6.04 Å². The lowest BCUT2D eigenvalue weighted by atomic mass is 9.98. The largest absolute Gasteiger partial charge is 0.394 e. The number of rotatable bonds is 5. The molecular weight excluding hydrogens is 246 g/mol. The maximum atomic E-state index is 9.70. The lowest BCUT2D eigenvalue weighted by Gasteiger charge is -2.24. The van der Waals surface area contributed by atoms with Crippen LogP contribution in [0.4, 0.5) is 0 Å². The van der Waals surface area contributed by atoms with Crippen molar-refractivity contribution in [3.05, 3.63) is 35.4 Å². The summed E-state index contributed by atoms with van der Waals surface area (Å²) in [5.74, 6) is 0.562. The molecule has 0 radical (unpaired) electrons. The molecule has 2 rings (SSSR count). The van der Waals surface area contributed by atoms with Crippen molar-refractivity contribution >= 4 is 0 Å². The first kappa shape index (κ1) is 15.5. The normalized spacial score (nSPS) is 19.0. The smallest absolute Gasteiger partial charge is 0.0626 e. The van der Waals surface area contributed by atoms with Crippen molar-refractivity contribution in [3.8, 4) is 0 Å². The number of aliphatic hydroxyl groups excluding tert-OH is 1. The zero-order valence-electron chi connectivity index (χ0n) is 12.9. The van der Waals surface area contributed by atoms with E-state index < -0.39 is 0 Å². The van der Waals surface area contributed by atoms with Crippen LogP contribution >= 0.6 is 0 Å². The molecule has 1 aromatic rings. The number of aliphatic hydroxyl groups is 1. The second-order valence-corrected chi connectivity index (χ2v) is 6.41. The quantitative estimate of drug-likeness (QED) is 0.791. The van der Waals surface area contributed by atoms with Crippen LogP contribution in [0, 0.1) is 0 Å². The highest BCUT2D eigenvalue weighted by Crippen LogP contribution is 2.22. The van der Waals surface area contributed by atoms with Crippen molar-refractivity contribution in [3.63, 3.8) is 0 Å². The fourth-order valence-corrected chi connectivity index (χ4v) is 3.10. The van der Waals surface area contributed by atoms with E-state index in [0.29, 0.717) is 12.0 Å². The van der Waals surface area contributed by atoms with E-state index in [1.807, 2.05) is 0 Å². The van der Waals surface area contributed by atoms with Crippen LogP contribution in [0.1, 0.15) is 75.5 Å². The van der Waals surface area contributed by atoms with E-state index in [1.54, 1.807) is 0 Å². The molecule has 20 heavy (non-hydrogen) atoms. The highest BCUT2D eigenvalue weighted by atomic mass is 16.3. The monoisotopic (exact) mass is 275 g/mol. The molecule has 1 aromatic carbocycles. The van der Waals surface area contributed by atoms with E-state index >= 15 is 0 Å². The van der Waals surface area contributed by atoms with Crippen molar-refractivity contribution in [1.82, 2.24) is 5.32 Å². The van der Waals surface area contributed by atoms with E-state index in [1.165, 1.54) is 49.7 Å². The Hall–Kier alpha value is -0.860. The Morgan fingerprint density at radius 2 is 1.55 bits per heavy atom. The van der Waals surface area contributed by atoms with Gasteiger partial charge in [-0.15, -0.1) is 0 Å². The van der Waals surface area contributed by atoms with Crippen LogP contribution in [-0.2, 0) is 0 Å². The van der Waals surface area contributed by atoms with Crippen LogP contribution in [0.25, 0.3) is 0 Å². The molecule has 0 saturated heterocycles. The highest BCUT2D eigenvalue weighted by Gasteiger charge is 2.17. The van der Waals surface area contributed by atoms with Gasteiger partial charge in [0.05, 0.1) is 12.6 Å². The molecule has 0 heterocycles. The van der Waals surface area contributed by atoms with Gasteiger partial charge in [0.1, 0.15) is 0 Å². The first-order chi connectivity index (χ1) is 9.70. The van der Waals surface area contributed by atoms with Crippen molar-refractivity contribution in [1.29, 1.82) is 0 Å². The Morgan fingerprint density at radius 3 is 2.05 bits per heavy atom. The summed E-state index contributed by atoms with van der Waals surface area (Å²) < 4.78 is 0. The fourth-order valence-electron chi connectivity index (χ4n) is 3.10. The topological polar surface area (TPSA) is 32.3 Å². The van der Waals surface area contributed by atoms with Crippen molar-refractivity contribution < 1.29 is 5.11 Å². The Bertz CT molecular complexity index is 377. The highest BCUT2D eigenvalue weighted by molar-refractivity contribution is 5.27. The van der Waals surface area contributed by atoms with Crippen molar-refractivity contribution in [2.75, 3.05) is 6.61 Å². The van der Waals surface area contributed by atoms with Gasteiger partial charge in [0.15, 0.2) is 0 Å². The molecule has 1 fully saturated rings. The average molecular weight is 275 g/mol. The van der Waals surface area contributed by atoms with Gasteiger partial charge in [-0.25, -0.2) is 0 Å². The number of hydrogen-bond donors (Lipinski definition) is 2. The SMILES string of the molecule is CC(C)c1ccc(C(CO)NC2CCCCCC2)cc1. The molecule has 0 bridgehead atoms. The summed E-state index contributed by atoms with van der Waals surface area (Å²) in [5, 5.41) is 13.4. The zero-order valence-corrected chi connectivity index (χ0v) is 12.9. The molecule has 1 aliphatic carbocycles. The van der Waals surface area contributed by atoms with Gasteiger partial charge in [-0.3, -0.25) is 0 Å². The minimum Gasteiger partial charge on any atom is -0.394 e. The Balaban J connectivity index is 1.99. The van der Waals surface area contributed by atoms with Crippen LogP contribution in [0.5, 0.6) is 0 Å². The Kier molecular flexibility index (Phi) is 6.06. The standard InChI is InChI=1S/C18H29NO/c1-14(2)15-9-11-16(12-10-15)18(13-20)19-17-7-5-3-4-6-8-17/h9-12,14,17-20H,3-8,13H2,1-2H3. The van der Waals surface area contributed by atoms with Crippen LogP contribution in [-0.4, -0.2) is 17.8 Å². The molecular formula is C18H29NO. The van der Waals surface area contributed by atoms with E-state index in [4.69, 9.17) is 0 Å². The molecule has 1 saturated carbocycles. The summed E-state index contributed by atoms with van der Waals surface area (Å²) in [4.78, 5) is 0. The van der Waals surface area contributed by atoms with Crippen LogP contribution in [0.2, 0.25) is 0 Å². The number of hydrogen-bond acceptors (Lipinski definition) is 2. The van der Waals surface area contributed by atoms with Gasteiger partial charge < -0.3 is 10.4 Å². The van der Waals surface area contributed by atoms with Crippen LogP contribution in [0.3, 0.4) is 0 Å². The van der Waals surface area contributed by atoms with E-state index in [0.717, 1.165) is 0 Å². The van der Waals surface area contributed by atoms with E-state index in [9.17, 15) is 5.11 Å². The maximum absolute atomic E-state index is 9.70. The predicted molar refractivity (Wildman–Crippen MR) is 85.0 cm³/mol. The molecule has 2 heteroatoms. The predicted octanol–water partition coefficient (Wildman–Crippen LogP) is 4.16. The second-order valence-electron chi connectivity index (χ2n) is 6.41. The molecule has 2 N–H and O–H groups in total. The van der Waals surface area contributed by atoms with Crippen molar-refractivity contribution in [2.24, 2.45) is 0 Å². The summed E-state index contributed by atoms with van der Waals surface area (Å²) in [7, 11) is 0. The molecule has 0 aromatic heterocycles. The summed E-state index contributed by atoms with van der Waals surface area (Å²) in [5.41, 5.74) is 2.57. The lowest BCUT2D eigenvalue weighted by Crippen LogP contribution is -2.34. The van der Waals surface area contributed by atoms with Gasteiger partial charge in [-0.1, -0.05) is 63.8 Å². The van der Waals surface area contributed by atoms with Gasteiger partial charge in [-0.05, 0) is 29.9 Å². The van der Waals surface area contributed by atoms with E-state index in [2.05, 4.69) is 43.4 Å². The first-order valence-electron chi connectivity index (χ1n) is 8.17. The molecule has 0 spiro atoms. The Morgan fingerprint density at radius 1 is 1.00 bits per heavy atom. The molecule has 1 unspecified atom stereocenters. The first-order valence-corrected chi connectivity index (χ1v) is 8.17. The van der Waals surface area contributed by atoms with E-state index in [-0.39, 0.29) is 12.6 Å². The third-order valence-corrected chi connectivity index (χ3v) is 4.48. The molecule has 0 aliphatic heterocycles. The molecule has 2 nitrogen and oxygen atoms in total. The zero-order chi connectivity index (χ0) is 14.4. The lowest BCUT2D eigenvalue weighted by molar-refractivity contribution is 0.228. The maximum Gasteiger partial charge on any atom is 0.0626 e. The second kappa shape index (κ2) is 7.80. The minimum atomic E-state index is 0.0827. The number of nitrogens with one attached hydrogen (secondary N) is 1. The van der Waals surface area contributed by atoms with Gasteiger partial charge in [0.25, 0.3) is 0 Å². The molecule has 0 amide bonds. The minimum absolute atomic E-state index is 0.0827. The van der Waals surface area contributed by atoms with Crippen LogP contribution < -0.4 is 5.32 Å². The third kappa shape index (κ3) is 4.32. The summed E-state index contributed by atoms with van der Waals surface area (Å²) in [6.07, 6.45) is 7.88. The summed E-state index contributed by atoms with van der Waals surface area (Å²) in [6.45, 7) is 4.60. The average Bonchev–Trinajstić information content (AvgIpc) is 2.73.